The van der Waals surface area contributed by atoms with Gasteiger partial charge in [-0.1, -0.05) is 0 Å². The molecule has 1 aromatic heterocycles. The minimum absolute atomic E-state index is 0.0431. The summed E-state index contributed by atoms with van der Waals surface area (Å²) in [6, 6.07) is 2.93. The molecule has 1 rings (SSSR count). The molecule has 56 valence electrons. The lowest BCUT2D eigenvalue weighted by molar-refractivity contribution is 0.581. The van der Waals surface area contributed by atoms with Crippen LogP contribution in [0.5, 0.6) is 0 Å². The van der Waals surface area contributed by atoms with Gasteiger partial charge in [-0.15, -0.1) is 0 Å². The van der Waals surface area contributed by atoms with Crippen molar-refractivity contribution >= 4 is 21.7 Å². The van der Waals surface area contributed by atoms with Crippen molar-refractivity contribution in [1.82, 2.24) is 4.98 Å². The van der Waals surface area contributed by atoms with Gasteiger partial charge in [-0.3, -0.25) is 0 Å². The van der Waals surface area contributed by atoms with Crippen LogP contribution in [-0.4, -0.2) is 4.98 Å². The van der Waals surface area contributed by atoms with Crippen LogP contribution in [0.1, 0.15) is 5.56 Å². The highest BCUT2D eigenvalue weighted by Crippen LogP contribution is 2.19. The first-order chi connectivity index (χ1) is 5.15. The summed E-state index contributed by atoms with van der Waals surface area (Å²) in [5.74, 6) is -0.797. The first-order valence-corrected chi connectivity index (χ1v) is 3.46. The highest BCUT2D eigenvalue weighted by Gasteiger charge is 2.06. The number of anilines is 1. The molecule has 5 heteroatoms. The van der Waals surface area contributed by atoms with Crippen molar-refractivity contribution in [3.8, 4) is 6.07 Å². The molecule has 0 bridgehead atoms. The van der Waals surface area contributed by atoms with E-state index in [4.69, 9.17) is 11.0 Å². The topological polar surface area (TPSA) is 62.7 Å². The zero-order chi connectivity index (χ0) is 8.43. The molecule has 0 aliphatic rings. The third-order valence-electron chi connectivity index (χ3n) is 1.08. The highest BCUT2D eigenvalue weighted by atomic mass is 79.9. The van der Waals surface area contributed by atoms with Gasteiger partial charge >= 0.3 is 0 Å². The summed E-state index contributed by atoms with van der Waals surface area (Å²) < 4.78 is 13.0. The molecule has 11 heavy (non-hydrogen) atoms. The average Bonchev–Trinajstić information content (AvgIpc) is 1.97. The standard InChI is InChI=1S/C6H3BrFN3/c7-4-1-3(2-9)5(8)11-6(4)10/h1H,(H2,10,11). The van der Waals surface area contributed by atoms with Crippen molar-refractivity contribution in [2.24, 2.45) is 0 Å². The fourth-order valence-electron chi connectivity index (χ4n) is 0.558. The van der Waals surface area contributed by atoms with Gasteiger partial charge in [0.25, 0.3) is 0 Å². The molecule has 0 saturated carbocycles. The van der Waals surface area contributed by atoms with Crippen molar-refractivity contribution < 1.29 is 4.39 Å². The minimum Gasteiger partial charge on any atom is -0.383 e. The number of rotatable bonds is 0. The number of hydrogen-bond acceptors (Lipinski definition) is 3. The van der Waals surface area contributed by atoms with Gasteiger partial charge in [-0.25, -0.2) is 4.98 Å². The lowest BCUT2D eigenvalue weighted by Gasteiger charge is -1.97. The molecular formula is C6H3BrFN3. The zero-order valence-electron chi connectivity index (χ0n) is 5.31. The van der Waals surface area contributed by atoms with Crippen molar-refractivity contribution in [3.63, 3.8) is 0 Å². The van der Waals surface area contributed by atoms with Gasteiger partial charge in [0.1, 0.15) is 17.5 Å². The van der Waals surface area contributed by atoms with E-state index in [0.29, 0.717) is 4.47 Å². The molecule has 0 aliphatic heterocycles. The summed E-state index contributed by atoms with van der Waals surface area (Å²) in [4.78, 5) is 3.29. The Morgan fingerprint density at radius 2 is 2.36 bits per heavy atom. The summed E-state index contributed by atoms with van der Waals surface area (Å²) >= 11 is 3.02. The van der Waals surface area contributed by atoms with E-state index in [1.807, 2.05) is 0 Å². The molecule has 1 aromatic rings. The molecule has 0 fully saturated rings. The average molecular weight is 216 g/mol. The third kappa shape index (κ3) is 1.46. The molecule has 0 atom stereocenters. The molecular weight excluding hydrogens is 213 g/mol. The molecule has 0 spiro atoms. The zero-order valence-corrected chi connectivity index (χ0v) is 6.89. The second-order valence-electron chi connectivity index (χ2n) is 1.81. The Bertz CT molecular complexity index is 331. The second-order valence-corrected chi connectivity index (χ2v) is 2.66. The third-order valence-corrected chi connectivity index (χ3v) is 1.71. The van der Waals surface area contributed by atoms with Crippen molar-refractivity contribution in [1.29, 1.82) is 5.26 Å². The summed E-state index contributed by atoms with van der Waals surface area (Å²) in [5, 5.41) is 8.34. The van der Waals surface area contributed by atoms with Crippen LogP contribution >= 0.6 is 15.9 Å². The normalized spacial score (nSPS) is 9.18. The minimum atomic E-state index is -0.840. The van der Waals surface area contributed by atoms with E-state index in [9.17, 15) is 4.39 Å². The number of halogens is 2. The number of nitrogens with two attached hydrogens (primary N) is 1. The molecule has 1 heterocycles. The Kier molecular flexibility index (Phi) is 2.06. The Morgan fingerprint density at radius 3 is 2.91 bits per heavy atom. The molecule has 0 amide bonds. The molecule has 0 radical (unpaired) electrons. The van der Waals surface area contributed by atoms with Gasteiger partial charge in [0.15, 0.2) is 0 Å². The van der Waals surface area contributed by atoms with Crippen molar-refractivity contribution in [2.45, 2.75) is 0 Å². The molecule has 3 nitrogen and oxygen atoms in total. The van der Waals surface area contributed by atoms with E-state index in [2.05, 4.69) is 20.9 Å². The largest absolute Gasteiger partial charge is 0.383 e. The van der Waals surface area contributed by atoms with Crippen molar-refractivity contribution in [2.75, 3.05) is 5.73 Å². The maximum absolute atomic E-state index is 12.6. The highest BCUT2D eigenvalue weighted by molar-refractivity contribution is 9.10. The molecule has 0 aliphatic carbocycles. The van der Waals surface area contributed by atoms with Gasteiger partial charge in [-0.2, -0.15) is 9.65 Å². The number of nitriles is 1. The molecule has 0 unspecified atom stereocenters. The van der Waals surface area contributed by atoms with Crippen LogP contribution in [0.25, 0.3) is 0 Å². The van der Waals surface area contributed by atoms with E-state index in [-0.39, 0.29) is 11.4 Å². The van der Waals surface area contributed by atoms with Crippen LogP contribution in [0.2, 0.25) is 0 Å². The SMILES string of the molecule is N#Cc1cc(Br)c(N)nc1F. The number of hydrogen-bond donors (Lipinski definition) is 1. The van der Waals surface area contributed by atoms with Crippen molar-refractivity contribution in [3.05, 3.63) is 22.1 Å². The van der Waals surface area contributed by atoms with E-state index in [1.54, 1.807) is 6.07 Å². The maximum Gasteiger partial charge on any atom is 0.232 e. The van der Waals surface area contributed by atoms with Crippen LogP contribution in [0.3, 0.4) is 0 Å². The summed E-state index contributed by atoms with van der Waals surface area (Å²) in [7, 11) is 0. The first kappa shape index (κ1) is 7.95. The van der Waals surface area contributed by atoms with Gasteiger partial charge in [-0.05, 0) is 22.0 Å². The first-order valence-electron chi connectivity index (χ1n) is 2.66. The molecule has 0 aromatic carbocycles. The van der Waals surface area contributed by atoms with E-state index in [1.165, 1.54) is 6.07 Å². The Balaban J connectivity index is 3.35. The molecule has 0 saturated heterocycles. The number of nitrogens with zero attached hydrogens (tertiary/aromatic N) is 2. The van der Waals surface area contributed by atoms with Crippen LogP contribution in [0, 0.1) is 17.3 Å². The Labute approximate surface area is 70.8 Å². The number of aromatic nitrogens is 1. The monoisotopic (exact) mass is 215 g/mol. The fourth-order valence-corrected chi connectivity index (χ4v) is 0.876. The molecule has 2 N–H and O–H groups in total. The van der Waals surface area contributed by atoms with Gasteiger partial charge in [0, 0.05) is 0 Å². The predicted molar refractivity (Wildman–Crippen MR) is 41.0 cm³/mol. The Hall–Kier alpha value is -1.15. The predicted octanol–water partition coefficient (Wildman–Crippen LogP) is 1.44. The fraction of sp³-hybridized carbons (Fsp3) is 0. The van der Waals surface area contributed by atoms with E-state index < -0.39 is 5.95 Å². The van der Waals surface area contributed by atoms with Gasteiger partial charge in [0.05, 0.1) is 4.47 Å². The summed E-state index contributed by atoms with van der Waals surface area (Å²) in [6.45, 7) is 0. The van der Waals surface area contributed by atoms with E-state index >= 15 is 0 Å². The number of pyridine rings is 1. The second kappa shape index (κ2) is 2.84. The smallest absolute Gasteiger partial charge is 0.232 e. The van der Waals surface area contributed by atoms with Gasteiger partial charge in [0.2, 0.25) is 5.95 Å². The lowest BCUT2D eigenvalue weighted by atomic mass is 10.3. The van der Waals surface area contributed by atoms with Crippen LogP contribution in [0.15, 0.2) is 10.5 Å². The lowest BCUT2D eigenvalue weighted by Crippen LogP contribution is -1.96. The number of nitrogen functional groups attached to an aromatic ring is 1. The van der Waals surface area contributed by atoms with E-state index in [0.717, 1.165) is 0 Å². The summed E-state index contributed by atoms with van der Waals surface area (Å²) in [6.07, 6.45) is 0. The van der Waals surface area contributed by atoms with Crippen LogP contribution in [-0.2, 0) is 0 Å². The quantitative estimate of drug-likeness (QED) is 0.667. The van der Waals surface area contributed by atoms with Gasteiger partial charge < -0.3 is 5.73 Å². The maximum atomic E-state index is 12.6. The van der Waals surface area contributed by atoms with Crippen LogP contribution < -0.4 is 5.73 Å². The Morgan fingerprint density at radius 1 is 1.73 bits per heavy atom. The summed E-state index contributed by atoms with van der Waals surface area (Å²) in [5.41, 5.74) is 5.12. The van der Waals surface area contributed by atoms with Crippen LogP contribution in [0.4, 0.5) is 10.2 Å².